The third-order valence-electron chi connectivity index (χ3n) is 3.72. The van der Waals surface area contributed by atoms with Crippen LogP contribution >= 0.6 is 0 Å². The lowest BCUT2D eigenvalue weighted by molar-refractivity contribution is 0.179. The molecule has 0 radical (unpaired) electrons. The van der Waals surface area contributed by atoms with Gasteiger partial charge in [0.15, 0.2) is 0 Å². The largest absolute Gasteiger partial charge is 0.461 e. The Bertz CT molecular complexity index is 724. The fourth-order valence-corrected chi connectivity index (χ4v) is 2.86. The summed E-state index contributed by atoms with van der Waals surface area (Å²) in [4.78, 5) is 0. The van der Waals surface area contributed by atoms with Crippen LogP contribution in [0.5, 0.6) is 0 Å². The van der Waals surface area contributed by atoms with Crippen LogP contribution in [-0.4, -0.2) is 18.7 Å². The lowest BCUT2D eigenvalue weighted by atomic mass is 9.98. The Morgan fingerprint density at radius 1 is 1.05 bits per heavy atom. The van der Waals surface area contributed by atoms with E-state index in [4.69, 9.17) is 8.83 Å². The number of aryl methyl sites for hydroxylation is 3. The first-order valence-electron chi connectivity index (χ1n) is 6.78. The van der Waals surface area contributed by atoms with Crippen molar-refractivity contribution < 1.29 is 13.9 Å². The Morgan fingerprint density at radius 3 is 2.30 bits per heavy atom. The van der Waals surface area contributed by atoms with E-state index < -0.39 is 6.10 Å². The average Bonchev–Trinajstić information content (AvgIpc) is 2.93. The molecule has 0 amide bonds. The number of aliphatic hydroxyl groups excluding tert-OH is 1. The van der Waals surface area contributed by atoms with E-state index in [0.29, 0.717) is 6.54 Å². The van der Waals surface area contributed by atoms with Crippen LogP contribution in [0.4, 0.5) is 0 Å². The molecular formula is C16H19NO3. The average molecular weight is 273 g/mol. The minimum Gasteiger partial charge on any atom is -0.461 e. The molecule has 0 spiro atoms. The number of furan rings is 2. The standard InChI is InChI=1S/C16H19NO3/c1-8-5-11-10(3)15-12(6-9(2)19-15)14(16(11)20-8)13(18)7-17-4/h5-6,13,17-18H,7H2,1-4H3. The minimum atomic E-state index is -0.631. The van der Waals surface area contributed by atoms with Crippen molar-refractivity contribution in [2.75, 3.05) is 13.6 Å². The summed E-state index contributed by atoms with van der Waals surface area (Å²) >= 11 is 0. The number of hydrogen-bond acceptors (Lipinski definition) is 4. The quantitative estimate of drug-likeness (QED) is 0.768. The highest BCUT2D eigenvalue weighted by Gasteiger charge is 2.22. The summed E-state index contributed by atoms with van der Waals surface area (Å²) in [5, 5.41) is 15.4. The van der Waals surface area contributed by atoms with Crippen LogP contribution in [0, 0.1) is 20.8 Å². The SMILES string of the molecule is CNCC(O)c1c2cc(C)oc2c(C)c2cc(C)oc12. The van der Waals surface area contributed by atoms with Gasteiger partial charge in [0.25, 0.3) is 0 Å². The molecule has 2 N–H and O–H groups in total. The fraction of sp³-hybridized carbons (Fsp3) is 0.375. The van der Waals surface area contributed by atoms with E-state index in [9.17, 15) is 5.11 Å². The zero-order chi connectivity index (χ0) is 14.4. The molecule has 20 heavy (non-hydrogen) atoms. The van der Waals surface area contributed by atoms with Crippen LogP contribution in [0.25, 0.3) is 21.9 Å². The molecule has 0 aliphatic heterocycles. The van der Waals surface area contributed by atoms with E-state index in [2.05, 4.69) is 5.32 Å². The molecule has 4 nitrogen and oxygen atoms in total. The number of aliphatic hydroxyl groups is 1. The van der Waals surface area contributed by atoms with Crippen LogP contribution in [0.2, 0.25) is 0 Å². The maximum atomic E-state index is 10.5. The monoisotopic (exact) mass is 273 g/mol. The molecular weight excluding hydrogens is 254 g/mol. The molecule has 1 atom stereocenters. The third-order valence-corrected chi connectivity index (χ3v) is 3.72. The van der Waals surface area contributed by atoms with Gasteiger partial charge >= 0.3 is 0 Å². The predicted molar refractivity (Wildman–Crippen MR) is 79.1 cm³/mol. The fourth-order valence-electron chi connectivity index (χ4n) is 2.86. The number of nitrogens with one attached hydrogen (secondary N) is 1. The van der Waals surface area contributed by atoms with E-state index in [1.807, 2.05) is 40.0 Å². The zero-order valence-electron chi connectivity index (χ0n) is 12.2. The molecule has 0 saturated carbocycles. The zero-order valence-corrected chi connectivity index (χ0v) is 12.2. The van der Waals surface area contributed by atoms with Gasteiger partial charge in [-0.15, -0.1) is 0 Å². The summed E-state index contributed by atoms with van der Waals surface area (Å²) in [6.45, 7) is 6.33. The molecule has 1 unspecified atom stereocenters. The number of hydrogen-bond donors (Lipinski definition) is 2. The Hall–Kier alpha value is -1.78. The van der Waals surface area contributed by atoms with Crippen molar-refractivity contribution in [1.82, 2.24) is 5.32 Å². The van der Waals surface area contributed by atoms with Crippen molar-refractivity contribution in [3.05, 3.63) is 34.8 Å². The van der Waals surface area contributed by atoms with Gasteiger partial charge in [-0.3, -0.25) is 0 Å². The van der Waals surface area contributed by atoms with Gasteiger partial charge in [-0.2, -0.15) is 0 Å². The van der Waals surface area contributed by atoms with Gasteiger partial charge in [0, 0.05) is 28.4 Å². The van der Waals surface area contributed by atoms with E-state index in [1.54, 1.807) is 0 Å². The number of benzene rings is 1. The van der Waals surface area contributed by atoms with Crippen LogP contribution in [0.3, 0.4) is 0 Å². The Balaban J connectivity index is 2.44. The van der Waals surface area contributed by atoms with Crippen molar-refractivity contribution in [3.63, 3.8) is 0 Å². The minimum absolute atomic E-state index is 0.469. The van der Waals surface area contributed by atoms with Gasteiger partial charge in [-0.25, -0.2) is 0 Å². The maximum absolute atomic E-state index is 10.5. The summed E-state index contributed by atoms with van der Waals surface area (Å²) in [5.41, 5.74) is 3.46. The summed E-state index contributed by atoms with van der Waals surface area (Å²) in [5.74, 6) is 1.68. The Kier molecular flexibility index (Phi) is 3.07. The van der Waals surface area contributed by atoms with Crippen LogP contribution in [-0.2, 0) is 0 Å². The number of fused-ring (bicyclic) bond motifs is 2. The second kappa shape index (κ2) is 4.65. The molecule has 2 heterocycles. The third kappa shape index (κ3) is 1.84. The van der Waals surface area contributed by atoms with Gasteiger partial charge in [0.05, 0.1) is 6.10 Å². The van der Waals surface area contributed by atoms with Crippen molar-refractivity contribution in [2.45, 2.75) is 26.9 Å². The van der Waals surface area contributed by atoms with E-state index >= 15 is 0 Å². The molecule has 2 aromatic heterocycles. The normalized spacial score (nSPS) is 13.4. The Labute approximate surface area is 117 Å². The van der Waals surface area contributed by atoms with Gasteiger partial charge in [0.2, 0.25) is 0 Å². The van der Waals surface area contributed by atoms with Crippen molar-refractivity contribution in [2.24, 2.45) is 0 Å². The molecule has 0 bridgehead atoms. The summed E-state index contributed by atoms with van der Waals surface area (Å²) in [7, 11) is 1.82. The van der Waals surface area contributed by atoms with Crippen LogP contribution in [0.1, 0.15) is 28.8 Å². The topological polar surface area (TPSA) is 58.5 Å². The van der Waals surface area contributed by atoms with E-state index in [-0.39, 0.29) is 0 Å². The molecule has 4 heteroatoms. The van der Waals surface area contributed by atoms with E-state index in [1.165, 1.54) is 0 Å². The molecule has 3 aromatic rings. The lowest BCUT2D eigenvalue weighted by Crippen LogP contribution is -2.17. The maximum Gasteiger partial charge on any atom is 0.141 e. The van der Waals surface area contributed by atoms with Gasteiger partial charge in [-0.1, -0.05) is 0 Å². The van der Waals surface area contributed by atoms with Crippen molar-refractivity contribution >= 4 is 21.9 Å². The molecule has 0 aliphatic carbocycles. The molecule has 0 aliphatic rings. The summed E-state index contributed by atoms with van der Waals surface area (Å²) in [6, 6.07) is 3.96. The predicted octanol–water partition coefficient (Wildman–Crippen LogP) is 3.36. The molecule has 1 aromatic carbocycles. The molecule has 3 rings (SSSR count). The van der Waals surface area contributed by atoms with Crippen molar-refractivity contribution in [1.29, 1.82) is 0 Å². The second-order valence-corrected chi connectivity index (χ2v) is 5.31. The molecule has 0 fully saturated rings. The van der Waals surface area contributed by atoms with Crippen LogP contribution < -0.4 is 5.32 Å². The van der Waals surface area contributed by atoms with Gasteiger partial charge in [0.1, 0.15) is 22.7 Å². The second-order valence-electron chi connectivity index (χ2n) is 5.31. The molecule has 106 valence electrons. The summed E-state index contributed by atoms with van der Waals surface area (Å²) in [6.07, 6.45) is -0.631. The van der Waals surface area contributed by atoms with Crippen LogP contribution in [0.15, 0.2) is 21.0 Å². The first-order valence-corrected chi connectivity index (χ1v) is 6.78. The first kappa shape index (κ1) is 13.2. The molecule has 0 saturated heterocycles. The highest BCUT2D eigenvalue weighted by molar-refractivity contribution is 6.02. The smallest absolute Gasteiger partial charge is 0.141 e. The Morgan fingerprint density at radius 2 is 1.65 bits per heavy atom. The lowest BCUT2D eigenvalue weighted by Gasteiger charge is -2.13. The van der Waals surface area contributed by atoms with E-state index in [0.717, 1.165) is 44.6 Å². The highest BCUT2D eigenvalue weighted by Crippen LogP contribution is 2.38. The highest BCUT2D eigenvalue weighted by atomic mass is 16.3. The first-order chi connectivity index (χ1) is 9.52. The number of likely N-dealkylation sites (N-methyl/N-ethyl adjacent to an activating group) is 1. The number of rotatable bonds is 3. The van der Waals surface area contributed by atoms with Gasteiger partial charge in [-0.05, 0) is 40.0 Å². The summed E-state index contributed by atoms with van der Waals surface area (Å²) < 4.78 is 11.6. The van der Waals surface area contributed by atoms with Gasteiger partial charge < -0.3 is 19.3 Å². The van der Waals surface area contributed by atoms with Crippen molar-refractivity contribution in [3.8, 4) is 0 Å².